The molecule has 0 aromatic rings. The second-order valence-corrected chi connectivity index (χ2v) is 8.87. The molecule has 2 aliphatic heterocycles. The van der Waals surface area contributed by atoms with Gasteiger partial charge >= 0.3 is 0 Å². The predicted molar refractivity (Wildman–Crippen MR) is 119 cm³/mol. The smallest absolute Gasteiger partial charge is 0.243 e. The van der Waals surface area contributed by atoms with Crippen molar-refractivity contribution in [3.63, 3.8) is 0 Å². The van der Waals surface area contributed by atoms with Gasteiger partial charge in [-0.05, 0) is 25.7 Å². The Morgan fingerprint density at radius 1 is 1.21 bits per heavy atom. The number of hydrogen-bond donors (Lipinski definition) is 2. The van der Waals surface area contributed by atoms with Crippen molar-refractivity contribution < 1.29 is 14.3 Å². The molecule has 2 N–H and O–H groups in total. The second kappa shape index (κ2) is 9.47. The molecule has 28 heavy (non-hydrogen) atoms. The number of carbonyl (C=O) groups excluding carboxylic acids is 1. The number of nitrogens with one attached hydrogen (secondary N) is 2. The molecule has 4 unspecified atom stereocenters. The number of hydrogen-bond acceptors (Lipinski definition) is 4. The fourth-order valence-electron chi connectivity index (χ4n) is 5.48. The van der Waals surface area contributed by atoms with Crippen LogP contribution in [0, 0.1) is 17.3 Å². The van der Waals surface area contributed by atoms with E-state index in [9.17, 15) is 4.79 Å². The lowest BCUT2D eigenvalue weighted by atomic mass is 9.54. The molecule has 0 bridgehead atoms. The number of fused-ring (bicyclic) bond motifs is 2. The zero-order chi connectivity index (χ0) is 18.9. The monoisotopic (exact) mass is 506 g/mol. The normalized spacial score (nSPS) is 33.1. The Kier molecular flexibility index (Phi) is 7.47. The Morgan fingerprint density at radius 2 is 2.00 bits per heavy atom. The highest BCUT2D eigenvalue weighted by Gasteiger charge is 2.65. The lowest BCUT2D eigenvalue weighted by Crippen LogP contribution is -2.69. The molecule has 7 nitrogen and oxygen atoms in total. The van der Waals surface area contributed by atoms with Crippen LogP contribution in [-0.4, -0.2) is 75.9 Å². The van der Waals surface area contributed by atoms with Crippen molar-refractivity contribution in [2.24, 2.45) is 22.2 Å². The molecular formula is C20H35IN4O3. The molecule has 8 heteroatoms. The number of ether oxygens (including phenoxy) is 2. The van der Waals surface area contributed by atoms with Crippen LogP contribution < -0.4 is 10.6 Å². The fraction of sp³-hybridized carbons (Fsp3) is 0.900. The molecule has 4 atom stereocenters. The molecule has 160 valence electrons. The number of carbonyl (C=O) groups is 1. The molecule has 1 amide bonds. The van der Waals surface area contributed by atoms with Crippen LogP contribution in [0.3, 0.4) is 0 Å². The van der Waals surface area contributed by atoms with Crippen LogP contribution in [0.5, 0.6) is 0 Å². The third-order valence-electron chi connectivity index (χ3n) is 7.03. The quantitative estimate of drug-likeness (QED) is 0.337. The van der Waals surface area contributed by atoms with Crippen LogP contribution in [0.15, 0.2) is 4.99 Å². The van der Waals surface area contributed by atoms with E-state index >= 15 is 0 Å². The zero-order valence-electron chi connectivity index (χ0n) is 17.1. The average Bonchev–Trinajstić information content (AvgIpc) is 3.40. The summed E-state index contributed by atoms with van der Waals surface area (Å²) in [5.74, 6) is 1.89. The van der Waals surface area contributed by atoms with E-state index in [2.05, 4.69) is 15.6 Å². The van der Waals surface area contributed by atoms with E-state index in [-0.39, 0.29) is 41.8 Å². The van der Waals surface area contributed by atoms with Gasteiger partial charge in [0.15, 0.2) is 5.96 Å². The molecule has 4 rings (SSSR count). The van der Waals surface area contributed by atoms with Crippen molar-refractivity contribution in [3.05, 3.63) is 0 Å². The summed E-state index contributed by atoms with van der Waals surface area (Å²) in [6.07, 6.45) is 7.71. The molecule has 0 aromatic carbocycles. The molecular weight excluding hydrogens is 471 g/mol. The highest BCUT2D eigenvalue weighted by Crippen LogP contribution is 2.60. The van der Waals surface area contributed by atoms with Gasteiger partial charge in [-0.3, -0.25) is 4.79 Å². The first-order valence-corrected chi connectivity index (χ1v) is 10.5. The van der Waals surface area contributed by atoms with E-state index in [1.165, 1.54) is 25.7 Å². The summed E-state index contributed by atoms with van der Waals surface area (Å²) in [5, 5.41) is 7.21. The molecule has 0 aromatic heterocycles. The Hall–Kier alpha value is -0.610. The van der Waals surface area contributed by atoms with Gasteiger partial charge in [0.2, 0.25) is 5.91 Å². The number of aliphatic imine (C=N–C) groups is 1. The molecule has 2 saturated carbocycles. The standard InChI is InChI=1S/C20H34N4O3.HI/c1-24(2)16(25)12-22-19(21-11-14-5-9-26-13-14)23-17-15-6-10-27-18(15)20(17)7-3-4-8-20;/h14-15,17-18H,3-13H2,1-2H3,(H2,21,22,23);1H. The molecule has 4 aliphatic rings. The first kappa shape index (κ1) is 22.1. The minimum absolute atomic E-state index is 0. The van der Waals surface area contributed by atoms with Crippen LogP contribution >= 0.6 is 24.0 Å². The highest BCUT2D eigenvalue weighted by atomic mass is 127. The third kappa shape index (κ3) is 4.28. The van der Waals surface area contributed by atoms with Crippen LogP contribution in [-0.2, 0) is 14.3 Å². The van der Waals surface area contributed by atoms with Gasteiger partial charge in [0.25, 0.3) is 0 Å². The van der Waals surface area contributed by atoms with Crippen molar-refractivity contribution in [2.45, 2.75) is 50.7 Å². The SMILES string of the molecule is CN(C)C(=O)CN=C(NCC1CCOC1)NC1C2CCOC2C12CCCC2.I. The summed E-state index contributed by atoms with van der Waals surface area (Å²) >= 11 is 0. The van der Waals surface area contributed by atoms with Gasteiger partial charge in [0, 0.05) is 57.1 Å². The van der Waals surface area contributed by atoms with Gasteiger partial charge in [0.05, 0.1) is 12.7 Å². The topological polar surface area (TPSA) is 75.2 Å². The summed E-state index contributed by atoms with van der Waals surface area (Å²) in [4.78, 5) is 18.2. The molecule has 2 aliphatic carbocycles. The second-order valence-electron chi connectivity index (χ2n) is 8.87. The van der Waals surface area contributed by atoms with Crippen molar-refractivity contribution in [1.82, 2.24) is 15.5 Å². The van der Waals surface area contributed by atoms with Gasteiger partial charge in [0.1, 0.15) is 6.54 Å². The van der Waals surface area contributed by atoms with E-state index in [1.54, 1.807) is 19.0 Å². The minimum Gasteiger partial charge on any atom is -0.381 e. The lowest BCUT2D eigenvalue weighted by molar-refractivity contribution is -0.127. The highest BCUT2D eigenvalue weighted by molar-refractivity contribution is 14.0. The Labute approximate surface area is 185 Å². The van der Waals surface area contributed by atoms with Crippen molar-refractivity contribution in [2.75, 3.05) is 47.0 Å². The van der Waals surface area contributed by atoms with Crippen molar-refractivity contribution >= 4 is 35.8 Å². The third-order valence-corrected chi connectivity index (χ3v) is 7.03. The largest absolute Gasteiger partial charge is 0.381 e. The molecule has 1 spiro atoms. The summed E-state index contributed by atoms with van der Waals surface area (Å²) in [6.45, 7) is 3.55. The fourth-order valence-corrected chi connectivity index (χ4v) is 5.48. The van der Waals surface area contributed by atoms with E-state index in [0.717, 1.165) is 45.2 Å². The summed E-state index contributed by atoms with van der Waals surface area (Å²) in [5.41, 5.74) is 0.269. The number of amides is 1. The Balaban J connectivity index is 0.00000225. The first-order chi connectivity index (χ1) is 13.1. The van der Waals surface area contributed by atoms with Gasteiger partial charge in [-0.25, -0.2) is 4.99 Å². The maximum absolute atomic E-state index is 12.0. The van der Waals surface area contributed by atoms with E-state index < -0.39 is 0 Å². The summed E-state index contributed by atoms with van der Waals surface area (Å²) in [6, 6.07) is 0.410. The number of rotatable bonds is 5. The molecule has 0 radical (unpaired) electrons. The van der Waals surface area contributed by atoms with E-state index in [4.69, 9.17) is 9.47 Å². The van der Waals surface area contributed by atoms with Crippen LogP contribution in [0.1, 0.15) is 38.5 Å². The zero-order valence-corrected chi connectivity index (χ0v) is 19.4. The number of guanidine groups is 1. The molecule has 2 heterocycles. The van der Waals surface area contributed by atoms with Gasteiger partial charge in [-0.1, -0.05) is 12.8 Å². The van der Waals surface area contributed by atoms with E-state index in [0.29, 0.717) is 24.0 Å². The summed E-state index contributed by atoms with van der Waals surface area (Å²) in [7, 11) is 3.54. The maximum atomic E-state index is 12.0. The predicted octanol–water partition coefficient (Wildman–Crippen LogP) is 1.61. The van der Waals surface area contributed by atoms with Crippen molar-refractivity contribution in [3.8, 4) is 0 Å². The number of halogens is 1. The number of likely N-dealkylation sites (N-methyl/N-ethyl adjacent to an activating group) is 1. The Morgan fingerprint density at radius 3 is 2.68 bits per heavy atom. The van der Waals surface area contributed by atoms with Gasteiger partial charge in [-0.2, -0.15) is 0 Å². The summed E-state index contributed by atoms with van der Waals surface area (Å²) < 4.78 is 11.6. The van der Waals surface area contributed by atoms with Crippen LogP contribution in [0.4, 0.5) is 0 Å². The minimum atomic E-state index is 0. The molecule has 4 fully saturated rings. The molecule has 2 saturated heterocycles. The van der Waals surface area contributed by atoms with Gasteiger partial charge < -0.3 is 25.0 Å². The maximum Gasteiger partial charge on any atom is 0.243 e. The van der Waals surface area contributed by atoms with Crippen LogP contribution in [0.25, 0.3) is 0 Å². The van der Waals surface area contributed by atoms with E-state index in [1.807, 2.05) is 0 Å². The average molecular weight is 506 g/mol. The number of nitrogens with zero attached hydrogens (tertiary/aromatic N) is 2. The van der Waals surface area contributed by atoms with Crippen molar-refractivity contribution in [1.29, 1.82) is 0 Å². The lowest BCUT2D eigenvalue weighted by Gasteiger charge is -2.57. The van der Waals surface area contributed by atoms with Crippen LogP contribution in [0.2, 0.25) is 0 Å². The Bertz CT molecular complexity index is 574. The first-order valence-electron chi connectivity index (χ1n) is 10.5. The van der Waals surface area contributed by atoms with Gasteiger partial charge in [-0.15, -0.1) is 24.0 Å².